The molecule has 0 aliphatic rings. The summed E-state index contributed by atoms with van der Waals surface area (Å²) in [5, 5.41) is 8.36. The van der Waals surface area contributed by atoms with Gasteiger partial charge in [-0.15, -0.1) is 11.3 Å². The Kier molecular flexibility index (Phi) is 6.16. The SMILES string of the molecule is CC(C)[C@@](C)(CNC(=O)OC(C)(C)C)NCc1cscn1. The van der Waals surface area contributed by atoms with Crippen LogP contribution in [-0.4, -0.2) is 28.8 Å². The van der Waals surface area contributed by atoms with E-state index in [1.54, 1.807) is 11.3 Å². The van der Waals surface area contributed by atoms with Crippen molar-refractivity contribution in [3.63, 3.8) is 0 Å². The predicted octanol–water partition coefficient (Wildman–Crippen LogP) is 3.17. The molecule has 0 spiro atoms. The van der Waals surface area contributed by atoms with Gasteiger partial charge in [0, 0.05) is 24.0 Å². The highest BCUT2D eigenvalue weighted by Crippen LogP contribution is 2.17. The standard InChI is InChI=1S/C15H27N3O2S/c1-11(2)15(6,18-7-12-8-21-10-17-12)9-16-13(19)20-14(3,4)5/h8,10-11,18H,7,9H2,1-6H3,(H,16,19)/t15-/m1/s1. The van der Waals surface area contributed by atoms with Crippen LogP contribution in [0.25, 0.3) is 0 Å². The summed E-state index contributed by atoms with van der Waals surface area (Å²) in [5.74, 6) is 0.353. The number of hydrogen-bond donors (Lipinski definition) is 2. The third-order valence-electron chi connectivity index (χ3n) is 3.43. The summed E-state index contributed by atoms with van der Waals surface area (Å²) in [5.41, 5.74) is 2.14. The van der Waals surface area contributed by atoms with Crippen LogP contribution in [-0.2, 0) is 11.3 Å². The molecule has 0 saturated carbocycles. The van der Waals surface area contributed by atoms with Gasteiger partial charge in [0.2, 0.25) is 0 Å². The summed E-state index contributed by atoms with van der Waals surface area (Å²) in [4.78, 5) is 16.1. The third kappa shape index (κ3) is 6.44. The smallest absolute Gasteiger partial charge is 0.407 e. The molecule has 0 aliphatic heterocycles. The summed E-state index contributed by atoms with van der Waals surface area (Å²) in [6.07, 6.45) is -0.384. The van der Waals surface area contributed by atoms with Crippen LogP contribution in [0.1, 0.15) is 47.2 Å². The van der Waals surface area contributed by atoms with E-state index in [1.807, 2.05) is 31.7 Å². The maximum absolute atomic E-state index is 11.8. The van der Waals surface area contributed by atoms with Crippen molar-refractivity contribution in [1.29, 1.82) is 0 Å². The molecule has 0 aromatic carbocycles. The summed E-state index contributed by atoms with van der Waals surface area (Å²) in [6, 6.07) is 0. The molecule has 6 heteroatoms. The molecule has 1 aromatic rings. The van der Waals surface area contributed by atoms with Gasteiger partial charge in [-0.2, -0.15) is 0 Å². The van der Waals surface area contributed by atoms with Crippen molar-refractivity contribution in [2.24, 2.45) is 5.92 Å². The molecule has 1 aromatic heterocycles. The lowest BCUT2D eigenvalue weighted by molar-refractivity contribution is 0.0503. The molecule has 1 rings (SSSR count). The second-order valence-electron chi connectivity index (χ2n) is 6.76. The van der Waals surface area contributed by atoms with Gasteiger partial charge < -0.3 is 15.4 Å². The lowest BCUT2D eigenvalue weighted by Gasteiger charge is -2.35. The van der Waals surface area contributed by atoms with Crippen LogP contribution in [0.15, 0.2) is 10.9 Å². The Morgan fingerprint density at radius 3 is 2.52 bits per heavy atom. The monoisotopic (exact) mass is 313 g/mol. The normalized spacial score (nSPS) is 14.8. The Hall–Kier alpha value is -1.14. The van der Waals surface area contributed by atoms with Crippen LogP contribution >= 0.6 is 11.3 Å². The van der Waals surface area contributed by atoms with E-state index < -0.39 is 5.60 Å². The Labute approximate surface area is 131 Å². The van der Waals surface area contributed by atoms with E-state index in [9.17, 15) is 4.79 Å². The van der Waals surface area contributed by atoms with Gasteiger partial charge >= 0.3 is 6.09 Å². The first-order chi connectivity index (χ1) is 9.62. The summed E-state index contributed by atoms with van der Waals surface area (Å²) >= 11 is 1.58. The first kappa shape index (κ1) is 17.9. The molecule has 5 nitrogen and oxygen atoms in total. The first-order valence-corrected chi connectivity index (χ1v) is 8.15. The van der Waals surface area contributed by atoms with Gasteiger partial charge in [0.15, 0.2) is 0 Å². The highest BCUT2D eigenvalue weighted by Gasteiger charge is 2.29. The van der Waals surface area contributed by atoms with Crippen molar-refractivity contribution < 1.29 is 9.53 Å². The largest absolute Gasteiger partial charge is 0.444 e. The molecule has 0 saturated heterocycles. The Balaban J connectivity index is 2.53. The molecule has 0 fully saturated rings. The van der Waals surface area contributed by atoms with Crippen molar-refractivity contribution in [2.75, 3.05) is 6.54 Å². The fraction of sp³-hybridized carbons (Fsp3) is 0.733. The van der Waals surface area contributed by atoms with Gasteiger partial charge in [-0.05, 0) is 33.6 Å². The molecule has 21 heavy (non-hydrogen) atoms. The molecule has 0 unspecified atom stereocenters. The van der Waals surface area contributed by atoms with Crippen molar-refractivity contribution >= 4 is 17.4 Å². The first-order valence-electron chi connectivity index (χ1n) is 7.21. The number of nitrogens with one attached hydrogen (secondary N) is 2. The van der Waals surface area contributed by atoms with E-state index in [1.165, 1.54) is 0 Å². The number of aromatic nitrogens is 1. The molecule has 1 atom stereocenters. The Bertz CT molecular complexity index is 440. The maximum atomic E-state index is 11.8. The van der Waals surface area contributed by atoms with E-state index in [0.29, 0.717) is 19.0 Å². The Morgan fingerprint density at radius 1 is 1.38 bits per heavy atom. The van der Waals surface area contributed by atoms with Gasteiger partial charge in [0.05, 0.1) is 11.2 Å². The molecule has 120 valence electrons. The van der Waals surface area contributed by atoms with Crippen molar-refractivity contribution in [2.45, 2.75) is 59.2 Å². The van der Waals surface area contributed by atoms with E-state index in [-0.39, 0.29) is 11.6 Å². The number of rotatable bonds is 6. The van der Waals surface area contributed by atoms with Crippen LogP contribution in [0, 0.1) is 5.92 Å². The molecular weight excluding hydrogens is 286 g/mol. The number of alkyl carbamates (subject to hydrolysis) is 1. The highest BCUT2D eigenvalue weighted by molar-refractivity contribution is 7.07. The zero-order valence-electron chi connectivity index (χ0n) is 13.8. The number of amides is 1. The van der Waals surface area contributed by atoms with Crippen molar-refractivity contribution in [1.82, 2.24) is 15.6 Å². The number of carbonyl (C=O) groups excluding carboxylic acids is 1. The fourth-order valence-electron chi connectivity index (χ4n) is 1.66. The van der Waals surface area contributed by atoms with Crippen LogP contribution in [0.3, 0.4) is 0 Å². The molecule has 1 heterocycles. The average molecular weight is 313 g/mol. The maximum Gasteiger partial charge on any atom is 0.407 e. The molecule has 2 N–H and O–H groups in total. The van der Waals surface area contributed by atoms with Gasteiger partial charge in [-0.1, -0.05) is 13.8 Å². The lowest BCUT2D eigenvalue weighted by atomic mass is 9.88. The Morgan fingerprint density at radius 2 is 2.05 bits per heavy atom. The number of hydrogen-bond acceptors (Lipinski definition) is 5. The molecule has 1 amide bonds. The third-order valence-corrected chi connectivity index (χ3v) is 4.07. The van der Waals surface area contributed by atoms with E-state index in [4.69, 9.17) is 4.74 Å². The zero-order valence-corrected chi connectivity index (χ0v) is 14.6. The quantitative estimate of drug-likeness (QED) is 0.847. The zero-order chi connectivity index (χ0) is 16.1. The lowest BCUT2D eigenvalue weighted by Crippen LogP contribution is -2.55. The van der Waals surface area contributed by atoms with Crippen LogP contribution in [0.4, 0.5) is 4.79 Å². The van der Waals surface area contributed by atoms with E-state index in [2.05, 4.69) is 36.4 Å². The minimum absolute atomic E-state index is 0.222. The van der Waals surface area contributed by atoms with Crippen molar-refractivity contribution in [3.05, 3.63) is 16.6 Å². The highest BCUT2D eigenvalue weighted by atomic mass is 32.1. The number of ether oxygens (including phenoxy) is 1. The summed E-state index contributed by atoms with van der Waals surface area (Å²) < 4.78 is 5.27. The number of thiazole rings is 1. The predicted molar refractivity (Wildman–Crippen MR) is 86.4 cm³/mol. The van der Waals surface area contributed by atoms with Gasteiger partial charge in [-0.25, -0.2) is 9.78 Å². The fourth-order valence-corrected chi connectivity index (χ4v) is 2.22. The summed E-state index contributed by atoms with van der Waals surface area (Å²) in [7, 11) is 0. The van der Waals surface area contributed by atoms with E-state index >= 15 is 0 Å². The second kappa shape index (κ2) is 7.22. The minimum Gasteiger partial charge on any atom is -0.444 e. The minimum atomic E-state index is -0.480. The molecular formula is C15H27N3O2S. The summed E-state index contributed by atoms with van der Waals surface area (Å²) in [6.45, 7) is 13.1. The van der Waals surface area contributed by atoms with Crippen LogP contribution in [0.2, 0.25) is 0 Å². The van der Waals surface area contributed by atoms with Crippen LogP contribution < -0.4 is 10.6 Å². The topological polar surface area (TPSA) is 63.2 Å². The van der Waals surface area contributed by atoms with Gasteiger partial charge in [0.1, 0.15) is 5.60 Å². The van der Waals surface area contributed by atoms with E-state index in [0.717, 1.165) is 5.69 Å². The van der Waals surface area contributed by atoms with Gasteiger partial charge in [-0.3, -0.25) is 0 Å². The second-order valence-corrected chi connectivity index (χ2v) is 7.48. The number of nitrogens with zero attached hydrogens (tertiary/aromatic N) is 1. The van der Waals surface area contributed by atoms with Gasteiger partial charge in [0.25, 0.3) is 0 Å². The average Bonchev–Trinajstić information content (AvgIpc) is 2.84. The van der Waals surface area contributed by atoms with Crippen molar-refractivity contribution in [3.8, 4) is 0 Å². The molecule has 0 aliphatic carbocycles. The number of carbonyl (C=O) groups is 1. The molecule has 0 radical (unpaired) electrons. The van der Waals surface area contributed by atoms with Crippen LogP contribution in [0.5, 0.6) is 0 Å². The molecule has 0 bridgehead atoms.